The molecular formula is C25H24F2N2O2S. The number of carbonyl (C=O) groups excluding carboxylic acids is 2. The minimum Gasteiger partial charge on any atom is -0.332 e. The van der Waals surface area contributed by atoms with Crippen molar-refractivity contribution in [3.8, 4) is 0 Å². The third-order valence-electron chi connectivity index (χ3n) is 5.59. The van der Waals surface area contributed by atoms with E-state index in [-0.39, 0.29) is 30.2 Å². The first-order valence-corrected chi connectivity index (χ1v) is 11.4. The minimum atomic E-state index is -0.410. The van der Waals surface area contributed by atoms with Gasteiger partial charge in [-0.25, -0.2) is 8.78 Å². The first-order chi connectivity index (χ1) is 15.4. The summed E-state index contributed by atoms with van der Waals surface area (Å²) in [6, 6.07) is 13.5. The molecule has 4 nitrogen and oxygen atoms in total. The van der Waals surface area contributed by atoms with Gasteiger partial charge in [0.05, 0.1) is 6.54 Å². The number of nitrogens with zero attached hydrogens (tertiary/aromatic N) is 2. The average Bonchev–Trinajstić information content (AvgIpc) is 3.55. The number of halogens is 2. The van der Waals surface area contributed by atoms with Crippen LogP contribution in [-0.2, 0) is 17.9 Å². The quantitative estimate of drug-likeness (QED) is 0.471. The lowest BCUT2D eigenvalue weighted by atomic mass is 10.1. The molecule has 2 amide bonds. The van der Waals surface area contributed by atoms with E-state index in [1.165, 1.54) is 36.4 Å². The van der Waals surface area contributed by atoms with Crippen LogP contribution in [0.2, 0.25) is 0 Å². The monoisotopic (exact) mass is 454 g/mol. The summed E-state index contributed by atoms with van der Waals surface area (Å²) in [6.45, 7) is 2.69. The van der Waals surface area contributed by atoms with Gasteiger partial charge < -0.3 is 9.80 Å². The van der Waals surface area contributed by atoms with Crippen molar-refractivity contribution < 1.29 is 18.4 Å². The van der Waals surface area contributed by atoms with Gasteiger partial charge in [-0.1, -0.05) is 12.1 Å². The maximum absolute atomic E-state index is 13.4. The molecule has 0 atom stereocenters. The summed E-state index contributed by atoms with van der Waals surface area (Å²) >= 11 is 1.58. The number of hydrogen-bond donors (Lipinski definition) is 0. The van der Waals surface area contributed by atoms with Gasteiger partial charge in [0.1, 0.15) is 18.2 Å². The molecule has 1 fully saturated rings. The SMILES string of the molecule is Cc1ccsc1CN(Cc1ccc(F)cc1)C(=O)CN(C(=O)c1ccc(F)cc1)C1CC1. The number of benzene rings is 2. The summed E-state index contributed by atoms with van der Waals surface area (Å²) in [5.41, 5.74) is 2.29. The molecule has 32 heavy (non-hydrogen) atoms. The molecule has 0 N–H and O–H groups in total. The van der Waals surface area contributed by atoms with Crippen LogP contribution in [0.5, 0.6) is 0 Å². The Morgan fingerprint density at radius 3 is 2.12 bits per heavy atom. The number of thiophene rings is 1. The third kappa shape index (κ3) is 5.40. The second kappa shape index (κ2) is 9.61. The van der Waals surface area contributed by atoms with E-state index in [2.05, 4.69) is 0 Å². The Morgan fingerprint density at radius 1 is 0.938 bits per heavy atom. The minimum absolute atomic E-state index is 0.0210. The molecule has 1 aliphatic rings. The molecule has 1 aromatic heterocycles. The lowest BCUT2D eigenvalue weighted by molar-refractivity contribution is -0.133. The van der Waals surface area contributed by atoms with E-state index in [1.807, 2.05) is 18.4 Å². The van der Waals surface area contributed by atoms with Gasteiger partial charge in [-0.05, 0) is 78.7 Å². The van der Waals surface area contributed by atoms with Crippen molar-refractivity contribution in [1.29, 1.82) is 0 Å². The third-order valence-corrected chi connectivity index (χ3v) is 6.60. The Balaban J connectivity index is 1.54. The standard InChI is InChI=1S/C25H24F2N2O2S/c1-17-12-13-32-23(17)15-28(14-18-2-6-20(26)7-3-18)24(30)16-29(22-10-11-22)25(31)19-4-8-21(27)9-5-19/h2-9,12-13,22H,10-11,14-16H2,1H3. The second-order valence-electron chi connectivity index (χ2n) is 8.07. The van der Waals surface area contributed by atoms with Gasteiger partial charge >= 0.3 is 0 Å². The molecule has 2 aromatic carbocycles. The van der Waals surface area contributed by atoms with Gasteiger partial charge in [-0.2, -0.15) is 0 Å². The van der Waals surface area contributed by atoms with Crippen molar-refractivity contribution >= 4 is 23.2 Å². The second-order valence-corrected chi connectivity index (χ2v) is 9.07. The number of hydrogen-bond acceptors (Lipinski definition) is 3. The first-order valence-electron chi connectivity index (χ1n) is 10.5. The normalized spacial score (nSPS) is 13.1. The summed E-state index contributed by atoms with van der Waals surface area (Å²) in [5.74, 6) is -1.18. The molecular weight excluding hydrogens is 430 g/mol. The lowest BCUT2D eigenvalue weighted by Gasteiger charge is -2.28. The van der Waals surface area contributed by atoms with E-state index < -0.39 is 5.82 Å². The van der Waals surface area contributed by atoms with E-state index in [9.17, 15) is 18.4 Å². The number of carbonyl (C=O) groups is 2. The Bertz CT molecular complexity index is 1090. The zero-order chi connectivity index (χ0) is 22.7. The molecule has 0 spiro atoms. The maximum Gasteiger partial charge on any atom is 0.254 e. The summed E-state index contributed by atoms with van der Waals surface area (Å²) < 4.78 is 26.6. The van der Waals surface area contributed by atoms with Crippen LogP contribution in [0.1, 0.15) is 39.2 Å². The van der Waals surface area contributed by atoms with Crippen LogP contribution in [0.15, 0.2) is 60.0 Å². The molecule has 166 valence electrons. The maximum atomic E-state index is 13.4. The van der Waals surface area contributed by atoms with Crippen LogP contribution in [-0.4, -0.2) is 34.2 Å². The number of rotatable bonds is 8. The van der Waals surface area contributed by atoms with E-state index in [0.717, 1.165) is 28.8 Å². The fourth-order valence-electron chi connectivity index (χ4n) is 3.54. The van der Waals surface area contributed by atoms with E-state index >= 15 is 0 Å². The molecule has 0 bridgehead atoms. The van der Waals surface area contributed by atoms with Gasteiger partial charge in [0.2, 0.25) is 5.91 Å². The highest BCUT2D eigenvalue weighted by Crippen LogP contribution is 2.29. The highest BCUT2D eigenvalue weighted by atomic mass is 32.1. The zero-order valence-corrected chi connectivity index (χ0v) is 18.6. The molecule has 1 saturated carbocycles. The van der Waals surface area contributed by atoms with E-state index in [0.29, 0.717) is 18.7 Å². The fourth-order valence-corrected chi connectivity index (χ4v) is 4.46. The van der Waals surface area contributed by atoms with Crippen molar-refractivity contribution in [2.24, 2.45) is 0 Å². The van der Waals surface area contributed by atoms with Gasteiger partial charge in [-0.3, -0.25) is 9.59 Å². The molecule has 7 heteroatoms. The predicted octanol–water partition coefficient (Wildman–Crippen LogP) is 5.17. The van der Waals surface area contributed by atoms with Crippen LogP contribution in [0.4, 0.5) is 8.78 Å². The fraction of sp³-hybridized carbons (Fsp3) is 0.280. The van der Waals surface area contributed by atoms with Crippen molar-refractivity contribution in [1.82, 2.24) is 9.80 Å². The Labute approximate surface area is 190 Å². The number of amides is 2. The lowest BCUT2D eigenvalue weighted by Crippen LogP contribution is -2.43. The summed E-state index contributed by atoms with van der Waals surface area (Å²) in [7, 11) is 0. The topological polar surface area (TPSA) is 40.6 Å². The largest absolute Gasteiger partial charge is 0.332 e. The smallest absolute Gasteiger partial charge is 0.254 e. The summed E-state index contributed by atoms with van der Waals surface area (Å²) in [4.78, 5) is 30.8. The van der Waals surface area contributed by atoms with E-state index in [1.54, 1.807) is 33.3 Å². The molecule has 3 aromatic rings. The highest BCUT2D eigenvalue weighted by molar-refractivity contribution is 7.10. The molecule has 0 radical (unpaired) electrons. The van der Waals surface area contributed by atoms with Crippen LogP contribution in [0, 0.1) is 18.6 Å². The van der Waals surface area contributed by atoms with Crippen molar-refractivity contribution in [3.05, 3.63) is 93.2 Å². The molecule has 4 rings (SSSR count). The van der Waals surface area contributed by atoms with Crippen LogP contribution in [0.25, 0.3) is 0 Å². The van der Waals surface area contributed by atoms with Crippen molar-refractivity contribution in [3.63, 3.8) is 0 Å². The number of aryl methyl sites for hydroxylation is 1. The van der Waals surface area contributed by atoms with E-state index in [4.69, 9.17) is 0 Å². The van der Waals surface area contributed by atoms with Crippen LogP contribution in [0.3, 0.4) is 0 Å². The predicted molar refractivity (Wildman–Crippen MR) is 120 cm³/mol. The van der Waals surface area contributed by atoms with Gasteiger partial charge in [0, 0.05) is 23.0 Å². The summed E-state index contributed by atoms with van der Waals surface area (Å²) in [6.07, 6.45) is 1.70. The van der Waals surface area contributed by atoms with Gasteiger partial charge in [-0.15, -0.1) is 11.3 Å². The Kier molecular flexibility index (Phi) is 6.65. The zero-order valence-electron chi connectivity index (χ0n) is 17.8. The first kappa shape index (κ1) is 22.1. The molecule has 1 aliphatic carbocycles. The Morgan fingerprint density at radius 2 is 1.56 bits per heavy atom. The summed E-state index contributed by atoms with van der Waals surface area (Å²) in [5, 5.41) is 1.99. The average molecular weight is 455 g/mol. The van der Waals surface area contributed by atoms with Gasteiger partial charge in [0.25, 0.3) is 5.91 Å². The molecule has 1 heterocycles. The van der Waals surface area contributed by atoms with Crippen LogP contribution < -0.4 is 0 Å². The highest BCUT2D eigenvalue weighted by Gasteiger charge is 2.35. The molecule has 0 saturated heterocycles. The Hall–Kier alpha value is -3.06. The molecule has 0 aliphatic heterocycles. The molecule has 0 unspecified atom stereocenters. The van der Waals surface area contributed by atoms with Crippen molar-refractivity contribution in [2.75, 3.05) is 6.54 Å². The van der Waals surface area contributed by atoms with Gasteiger partial charge in [0.15, 0.2) is 0 Å². The van der Waals surface area contributed by atoms with Crippen molar-refractivity contribution in [2.45, 2.75) is 38.9 Å². The van der Waals surface area contributed by atoms with Crippen LogP contribution >= 0.6 is 11.3 Å².